The van der Waals surface area contributed by atoms with Gasteiger partial charge in [-0.25, -0.2) is 4.98 Å². The third-order valence-electron chi connectivity index (χ3n) is 7.19. The number of anilines is 2. The lowest BCUT2D eigenvalue weighted by Gasteiger charge is -2.43. The molecule has 0 spiro atoms. The molecule has 3 fully saturated rings. The van der Waals surface area contributed by atoms with Crippen LogP contribution < -0.4 is 9.80 Å². The Morgan fingerprint density at radius 1 is 0.906 bits per heavy atom. The molecule has 3 saturated heterocycles. The van der Waals surface area contributed by atoms with Gasteiger partial charge in [-0.1, -0.05) is 30.3 Å². The van der Waals surface area contributed by atoms with Crippen LogP contribution in [0.1, 0.15) is 36.9 Å². The predicted molar refractivity (Wildman–Crippen MR) is 125 cm³/mol. The summed E-state index contributed by atoms with van der Waals surface area (Å²) in [6.07, 6.45) is 3.92. The average Bonchev–Trinajstić information content (AvgIpc) is 3.40. The summed E-state index contributed by atoms with van der Waals surface area (Å²) in [4.78, 5) is 30.0. The number of hydrogen-bond acceptors (Lipinski definition) is 6. The molecule has 0 atom stereocenters. The number of nitrogens with zero attached hydrogens (tertiary/aromatic N) is 5. The topological polar surface area (TPSA) is 61.8 Å². The lowest BCUT2D eigenvalue weighted by molar-refractivity contribution is -0.141. The van der Waals surface area contributed by atoms with Gasteiger partial charge in [-0.3, -0.25) is 4.79 Å². The van der Waals surface area contributed by atoms with Crippen molar-refractivity contribution in [1.82, 2.24) is 14.9 Å². The summed E-state index contributed by atoms with van der Waals surface area (Å²) in [6, 6.07) is 12.4. The molecule has 5 rings (SSSR count). The molecule has 0 radical (unpaired) electrons. The summed E-state index contributed by atoms with van der Waals surface area (Å²) in [5.41, 5.74) is 1.66. The fourth-order valence-electron chi connectivity index (χ4n) is 5.30. The molecule has 1 amide bonds. The van der Waals surface area contributed by atoms with Crippen LogP contribution in [0.5, 0.6) is 0 Å². The van der Waals surface area contributed by atoms with Gasteiger partial charge < -0.3 is 19.4 Å². The van der Waals surface area contributed by atoms with Crippen molar-refractivity contribution < 1.29 is 9.53 Å². The fourth-order valence-corrected chi connectivity index (χ4v) is 5.30. The molecule has 0 N–H and O–H groups in total. The van der Waals surface area contributed by atoms with Crippen LogP contribution in [0.15, 0.2) is 36.4 Å². The second-order valence-electron chi connectivity index (χ2n) is 9.20. The molecule has 0 unspecified atom stereocenters. The summed E-state index contributed by atoms with van der Waals surface area (Å²) in [7, 11) is 0. The van der Waals surface area contributed by atoms with E-state index in [1.54, 1.807) is 0 Å². The van der Waals surface area contributed by atoms with Crippen LogP contribution in [-0.4, -0.2) is 73.3 Å². The van der Waals surface area contributed by atoms with Gasteiger partial charge in [-0.2, -0.15) is 4.98 Å². The largest absolute Gasteiger partial charge is 0.381 e. The van der Waals surface area contributed by atoms with Crippen molar-refractivity contribution in [3.63, 3.8) is 0 Å². The number of piperazine rings is 1. The predicted octanol–water partition coefficient (Wildman–Crippen LogP) is 2.78. The maximum absolute atomic E-state index is 13.8. The number of rotatable bonds is 4. The number of amides is 1. The van der Waals surface area contributed by atoms with Crippen molar-refractivity contribution in [2.75, 3.05) is 62.3 Å². The second kappa shape index (κ2) is 9.06. The molecular formula is C25H33N5O2. The first-order chi connectivity index (χ1) is 15.7. The highest BCUT2D eigenvalue weighted by atomic mass is 16.5. The number of carbonyl (C=O) groups excluding carboxylic acids is 1. The van der Waals surface area contributed by atoms with E-state index >= 15 is 0 Å². The molecule has 2 aromatic rings. The molecular weight excluding hydrogens is 402 g/mol. The molecule has 32 heavy (non-hydrogen) atoms. The van der Waals surface area contributed by atoms with E-state index in [4.69, 9.17) is 9.72 Å². The SMILES string of the molecule is Cc1cc(N2CCN(C(=O)C3(c4ccccc4)CCOCC3)CC2)nc(N2CCCC2)n1. The van der Waals surface area contributed by atoms with Crippen molar-refractivity contribution in [3.05, 3.63) is 47.7 Å². The Morgan fingerprint density at radius 3 is 2.28 bits per heavy atom. The molecule has 0 aliphatic carbocycles. The molecule has 7 heteroatoms. The highest BCUT2D eigenvalue weighted by molar-refractivity contribution is 5.88. The summed E-state index contributed by atoms with van der Waals surface area (Å²) in [6.45, 7) is 8.42. The van der Waals surface area contributed by atoms with E-state index in [0.717, 1.165) is 75.1 Å². The van der Waals surface area contributed by atoms with Crippen LogP contribution in [0, 0.1) is 6.92 Å². The number of aromatic nitrogens is 2. The van der Waals surface area contributed by atoms with E-state index in [1.165, 1.54) is 12.8 Å². The standard InChI is InChI=1S/C25H33N5O2/c1-20-19-22(27-24(26-20)30-11-5-6-12-30)28-13-15-29(16-14-28)23(31)25(9-17-32-18-10-25)21-7-3-2-4-8-21/h2-4,7-8,19H,5-6,9-18H2,1H3. The number of benzene rings is 1. The van der Waals surface area contributed by atoms with Gasteiger partial charge in [0.25, 0.3) is 0 Å². The lowest BCUT2D eigenvalue weighted by Crippen LogP contribution is -2.56. The second-order valence-corrected chi connectivity index (χ2v) is 9.20. The molecule has 1 aromatic heterocycles. The Hall–Kier alpha value is -2.67. The number of carbonyl (C=O) groups is 1. The average molecular weight is 436 g/mol. The lowest BCUT2D eigenvalue weighted by atomic mass is 9.73. The minimum absolute atomic E-state index is 0.253. The third kappa shape index (κ3) is 4.06. The summed E-state index contributed by atoms with van der Waals surface area (Å²) in [5.74, 6) is 2.08. The van der Waals surface area contributed by atoms with Gasteiger partial charge in [0.05, 0.1) is 5.41 Å². The normalized spacial score (nSPS) is 21.1. The van der Waals surface area contributed by atoms with Crippen LogP contribution in [0.25, 0.3) is 0 Å². The van der Waals surface area contributed by atoms with E-state index in [-0.39, 0.29) is 5.91 Å². The molecule has 4 heterocycles. The van der Waals surface area contributed by atoms with Crippen LogP contribution in [0.2, 0.25) is 0 Å². The van der Waals surface area contributed by atoms with Crippen LogP contribution in [0.3, 0.4) is 0 Å². The third-order valence-corrected chi connectivity index (χ3v) is 7.19. The molecule has 170 valence electrons. The number of ether oxygens (including phenoxy) is 1. The Kier molecular flexibility index (Phi) is 6.00. The molecule has 0 bridgehead atoms. The summed E-state index contributed by atoms with van der Waals surface area (Å²) < 4.78 is 5.63. The maximum Gasteiger partial charge on any atom is 0.233 e. The molecule has 1 aromatic carbocycles. The van der Waals surface area contributed by atoms with Gasteiger partial charge in [0.2, 0.25) is 11.9 Å². The quantitative estimate of drug-likeness (QED) is 0.736. The fraction of sp³-hybridized carbons (Fsp3) is 0.560. The van der Waals surface area contributed by atoms with Crippen molar-refractivity contribution >= 4 is 17.7 Å². The van der Waals surface area contributed by atoms with Gasteiger partial charge >= 0.3 is 0 Å². The highest BCUT2D eigenvalue weighted by Gasteiger charge is 2.44. The smallest absolute Gasteiger partial charge is 0.233 e. The van der Waals surface area contributed by atoms with E-state index in [0.29, 0.717) is 13.2 Å². The first-order valence-corrected chi connectivity index (χ1v) is 11.9. The molecule has 7 nitrogen and oxygen atoms in total. The van der Waals surface area contributed by atoms with Crippen LogP contribution in [0.4, 0.5) is 11.8 Å². The van der Waals surface area contributed by atoms with E-state index < -0.39 is 5.41 Å². The van der Waals surface area contributed by atoms with Gasteiger partial charge in [0.1, 0.15) is 5.82 Å². The minimum atomic E-state index is -0.462. The Balaban J connectivity index is 1.30. The number of aryl methyl sites for hydroxylation is 1. The first-order valence-electron chi connectivity index (χ1n) is 11.9. The number of hydrogen-bond donors (Lipinski definition) is 0. The Labute approximate surface area is 190 Å². The van der Waals surface area contributed by atoms with Gasteiger partial charge in [-0.15, -0.1) is 0 Å². The summed E-state index contributed by atoms with van der Waals surface area (Å²) >= 11 is 0. The van der Waals surface area contributed by atoms with Crippen molar-refractivity contribution in [2.45, 2.75) is 38.0 Å². The van der Waals surface area contributed by atoms with Crippen LogP contribution >= 0.6 is 0 Å². The summed E-state index contributed by atoms with van der Waals surface area (Å²) in [5, 5.41) is 0. The van der Waals surface area contributed by atoms with E-state index in [9.17, 15) is 4.79 Å². The van der Waals surface area contributed by atoms with Gasteiger partial charge in [0.15, 0.2) is 0 Å². The Morgan fingerprint density at radius 2 is 1.59 bits per heavy atom. The van der Waals surface area contributed by atoms with Gasteiger partial charge in [-0.05, 0) is 38.2 Å². The van der Waals surface area contributed by atoms with E-state index in [2.05, 4.69) is 37.9 Å². The first kappa shape index (κ1) is 21.2. The Bertz CT molecular complexity index is 931. The molecule has 3 aliphatic heterocycles. The van der Waals surface area contributed by atoms with Gasteiger partial charge in [0, 0.05) is 64.2 Å². The minimum Gasteiger partial charge on any atom is -0.381 e. The zero-order chi connectivity index (χ0) is 22.0. The van der Waals surface area contributed by atoms with Crippen molar-refractivity contribution in [3.8, 4) is 0 Å². The molecule has 3 aliphatic rings. The zero-order valence-corrected chi connectivity index (χ0v) is 19.0. The van der Waals surface area contributed by atoms with Crippen molar-refractivity contribution in [1.29, 1.82) is 0 Å². The van der Waals surface area contributed by atoms with E-state index in [1.807, 2.05) is 25.1 Å². The van der Waals surface area contributed by atoms with Crippen LogP contribution in [-0.2, 0) is 14.9 Å². The highest BCUT2D eigenvalue weighted by Crippen LogP contribution is 2.37. The van der Waals surface area contributed by atoms with Crippen molar-refractivity contribution in [2.24, 2.45) is 0 Å². The zero-order valence-electron chi connectivity index (χ0n) is 19.0. The molecule has 0 saturated carbocycles. The monoisotopic (exact) mass is 435 g/mol. The maximum atomic E-state index is 13.8.